The molecule has 11 heteroatoms. The maximum absolute atomic E-state index is 12.2. The molecule has 202 valence electrons. The van der Waals surface area contributed by atoms with Gasteiger partial charge in [-0.25, -0.2) is 15.0 Å². The van der Waals surface area contributed by atoms with Crippen LogP contribution >= 0.6 is 0 Å². The molecular weight excluding hydrogens is 496 g/mol. The number of nitrogens with zero attached hydrogens (tertiary/aromatic N) is 6. The van der Waals surface area contributed by atoms with Crippen LogP contribution in [0.25, 0.3) is 28.0 Å². The third kappa shape index (κ3) is 6.21. The fraction of sp³-hybridized carbons (Fsp3) is 0.321. The van der Waals surface area contributed by atoms with E-state index in [0.29, 0.717) is 45.2 Å². The number of aliphatic hydroxyl groups is 1. The Labute approximate surface area is 226 Å². The van der Waals surface area contributed by atoms with Crippen LogP contribution in [-0.4, -0.2) is 67.9 Å². The number of aromatic nitrogens is 5. The highest BCUT2D eigenvalue weighted by Crippen LogP contribution is 2.30. The second-order valence-electron chi connectivity index (χ2n) is 9.30. The SMILES string of the molecule is C/C=C/C(O)CCC(=O)NCc1ccc(-n2ccc3c(-c4cnc(N)nc4)nc(N4CCOCC4)nc32)cc1. The first-order valence-electron chi connectivity index (χ1n) is 13.0. The summed E-state index contributed by atoms with van der Waals surface area (Å²) >= 11 is 0. The van der Waals surface area contributed by atoms with Crippen LogP contribution in [0.1, 0.15) is 25.3 Å². The van der Waals surface area contributed by atoms with E-state index >= 15 is 0 Å². The molecular formula is C28H32N8O3. The first-order valence-corrected chi connectivity index (χ1v) is 13.0. The van der Waals surface area contributed by atoms with Crippen LogP contribution in [-0.2, 0) is 16.1 Å². The highest BCUT2D eigenvalue weighted by atomic mass is 16.5. The number of anilines is 2. The average molecular weight is 529 g/mol. The smallest absolute Gasteiger partial charge is 0.228 e. The van der Waals surface area contributed by atoms with Crippen LogP contribution in [0.3, 0.4) is 0 Å². The summed E-state index contributed by atoms with van der Waals surface area (Å²) < 4.78 is 7.54. The predicted octanol–water partition coefficient (Wildman–Crippen LogP) is 2.63. The molecule has 4 N–H and O–H groups in total. The number of aliphatic hydroxyl groups excluding tert-OH is 1. The molecule has 4 aromatic rings. The standard InChI is InChI=1S/C28H32N8O3/c1-2-3-22(37)8-9-24(38)30-16-19-4-6-21(7-5-19)36-11-10-23-25(20-17-31-27(29)32-18-20)33-28(34-26(23)36)35-12-14-39-15-13-35/h2-7,10-11,17-18,22,37H,8-9,12-16H2,1H3,(H,30,38)(H2,29,31,32)/b3-2+. The zero-order valence-electron chi connectivity index (χ0n) is 21.8. The molecule has 3 aromatic heterocycles. The number of morpholine rings is 1. The van der Waals surface area contributed by atoms with Gasteiger partial charge in [-0.3, -0.25) is 4.79 Å². The van der Waals surface area contributed by atoms with Gasteiger partial charge >= 0.3 is 0 Å². The zero-order valence-corrected chi connectivity index (χ0v) is 21.8. The van der Waals surface area contributed by atoms with E-state index in [-0.39, 0.29) is 18.3 Å². The number of allylic oxidation sites excluding steroid dienone is 1. The zero-order chi connectivity index (χ0) is 27.2. The predicted molar refractivity (Wildman–Crippen MR) is 149 cm³/mol. The number of ether oxygens (including phenoxy) is 1. The second-order valence-corrected chi connectivity index (χ2v) is 9.30. The summed E-state index contributed by atoms with van der Waals surface area (Å²) in [7, 11) is 0. The Morgan fingerprint density at radius 1 is 1.15 bits per heavy atom. The van der Waals surface area contributed by atoms with Gasteiger partial charge in [-0.05, 0) is 37.1 Å². The number of carbonyl (C=O) groups is 1. The van der Waals surface area contributed by atoms with Gasteiger partial charge in [0, 0.05) is 61.3 Å². The Morgan fingerprint density at radius 3 is 2.62 bits per heavy atom. The van der Waals surface area contributed by atoms with Gasteiger partial charge in [-0.2, -0.15) is 4.98 Å². The molecule has 4 heterocycles. The summed E-state index contributed by atoms with van der Waals surface area (Å²) in [6, 6.07) is 9.95. The van der Waals surface area contributed by atoms with Crippen molar-refractivity contribution in [2.45, 2.75) is 32.4 Å². The Hall–Kier alpha value is -4.35. The van der Waals surface area contributed by atoms with E-state index < -0.39 is 6.10 Å². The van der Waals surface area contributed by atoms with Gasteiger partial charge in [-0.1, -0.05) is 24.3 Å². The second kappa shape index (κ2) is 12.0. The van der Waals surface area contributed by atoms with Crippen LogP contribution < -0.4 is 16.0 Å². The minimum absolute atomic E-state index is 0.0921. The normalized spacial score (nSPS) is 14.7. The Kier molecular flexibility index (Phi) is 8.09. The van der Waals surface area contributed by atoms with E-state index in [1.54, 1.807) is 24.5 Å². The number of nitrogens with two attached hydrogens (primary N) is 1. The van der Waals surface area contributed by atoms with Crippen molar-refractivity contribution in [2.24, 2.45) is 0 Å². The summed E-state index contributed by atoms with van der Waals surface area (Å²) in [5.41, 5.74) is 9.88. The van der Waals surface area contributed by atoms with Crippen LogP contribution in [0.4, 0.5) is 11.9 Å². The summed E-state index contributed by atoms with van der Waals surface area (Å²) in [5.74, 6) is 0.736. The number of nitrogens with one attached hydrogen (secondary N) is 1. The highest BCUT2D eigenvalue weighted by molar-refractivity contribution is 5.92. The number of rotatable bonds is 9. The Bertz CT molecular complexity index is 1440. The molecule has 1 amide bonds. The molecule has 0 bridgehead atoms. The van der Waals surface area contributed by atoms with Crippen LogP contribution in [0.5, 0.6) is 0 Å². The third-order valence-corrected chi connectivity index (χ3v) is 6.56. The number of amides is 1. The van der Waals surface area contributed by atoms with Gasteiger partial charge in [0.25, 0.3) is 0 Å². The molecule has 1 saturated heterocycles. The van der Waals surface area contributed by atoms with Crippen LogP contribution in [0.15, 0.2) is 61.1 Å². The van der Waals surface area contributed by atoms with E-state index in [4.69, 9.17) is 20.4 Å². The lowest BCUT2D eigenvalue weighted by Gasteiger charge is -2.27. The molecule has 1 aromatic carbocycles. The first kappa shape index (κ1) is 26.3. The van der Waals surface area contributed by atoms with Crippen molar-refractivity contribution in [3.8, 4) is 16.9 Å². The van der Waals surface area contributed by atoms with E-state index in [2.05, 4.69) is 20.2 Å². The third-order valence-electron chi connectivity index (χ3n) is 6.56. The van der Waals surface area contributed by atoms with Gasteiger partial charge < -0.3 is 30.4 Å². The molecule has 0 saturated carbocycles. The summed E-state index contributed by atoms with van der Waals surface area (Å²) in [5, 5.41) is 13.6. The molecule has 0 radical (unpaired) electrons. The van der Waals surface area contributed by atoms with Gasteiger partial charge in [0.05, 0.1) is 25.0 Å². The Balaban J connectivity index is 1.39. The molecule has 0 spiro atoms. The van der Waals surface area contributed by atoms with Crippen molar-refractivity contribution in [1.82, 2.24) is 29.8 Å². The molecule has 1 aliphatic heterocycles. The summed E-state index contributed by atoms with van der Waals surface area (Å²) in [6.07, 6.45) is 8.84. The molecule has 39 heavy (non-hydrogen) atoms. The molecule has 1 aliphatic rings. The number of benzene rings is 1. The van der Waals surface area contributed by atoms with Crippen molar-refractivity contribution < 1.29 is 14.6 Å². The Morgan fingerprint density at radius 2 is 1.90 bits per heavy atom. The van der Waals surface area contributed by atoms with Crippen molar-refractivity contribution in [1.29, 1.82) is 0 Å². The minimum Gasteiger partial charge on any atom is -0.389 e. The van der Waals surface area contributed by atoms with Gasteiger partial charge in [-0.15, -0.1) is 0 Å². The summed E-state index contributed by atoms with van der Waals surface area (Å²) in [6.45, 7) is 4.91. The van der Waals surface area contributed by atoms with E-state index in [1.165, 1.54) is 0 Å². The lowest BCUT2D eigenvalue weighted by Crippen LogP contribution is -2.37. The topological polar surface area (TPSA) is 144 Å². The number of hydrogen-bond acceptors (Lipinski definition) is 9. The average Bonchev–Trinajstić information content (AvgIpc) is 3.40. The maximum atomic E-state index is 12.2. The number of hydrogen-bond donors (Lipinski definition) is 3. The lowest BCUT2D eigenvalue weighted by atomic mass is 10.1. The molecule has 0 aliphatic carbocycles. The quantitative estimate of drug-likeness (QED) is 0.279. The van der Waals surface area contributed by atoms with Crippen molar-refractivity contribution in [3.63, 3.8) is 0 Å². The van der Waals surface area contributed by atoms with E-state index in [9.17, 15) is 9.90 Å². The van der Waals surface area contributed by atoms with E-state index in [1.807, 2.05) is 48.0 Å². The molecule has 1 unspecified atom stereocenters. The number of carbonyl (C=O) groups excluding carboxylic acids is 1. The fourth-order valence-corrected chi connectivity index (χ4v) is 4.46. The van der Waals surface area contributed by atoms with Gasteiger partial charge in [0.15, 0.2) is 5.65 Å². The lowest BCUT2D eigenvalue weighted by molar-refractivity contribution is -0.121. The number of nitrogen functional groups attached to an aromatic ring is 1. The molecule has 1 fully saturated rings. The minimum atomic E-state index is -0.600. The van der Waals surface area contributed by atoms with E-state index in [0.717, 1.165) is 33.5 Å². The fourth-order valence-electron chi connectivity index (χ4n) is 4.46. The largest absolute Gasteiger partial charge is 0.389 e. The van der Waals surface area contributed by atoms with Crippen molar-refractivity contribution in [3.05, 3.63) is 66.6 Å². The first-order chi connectivity index (χ1) is 19.0. The van der Waals surface area contributed by atoms with Gasteiger partial charge in [0.2, 0.25) is 17.8 Å². The van der Waals surface area contributed by atoms with Gasteiger partial charge in [0.1, 0.15) is 0 Å². The highest BCUT2D eigenvalue weighted by Gasteiger charge is 2.20. The molecule has 1 atom stereocenters. The van der Waals surface area contributed by atoms with Crippen LogP contribution in [0, 0.1) is 0 Å². The molecule has 11 nitrogen and oxygen atoms in total. The van der Waals surface area contributed by atoms with Crippen molar-refractivity contribution >= 4 is 28.8 Å². The summed E-state index contributed by atoms with van der Waals surface area (Å²) in [4.78, 5) is 32.4. The molecule has 5 rings (SSSR count). The monoisotopic (exact) mass is 528 g/mol. The maximum Gasteiger partial charge on any atom is 0.228 e. The van der Waals surface area contributed by atoms with Crippen molar-refractivity contribution in [2.75, 3.05) is 36.9 Å². The number of fused-ring (bicyclic) bond motifs is 1. The van der Waals surface area contributed by atoms with Crippen LogP contribution in [0.2, 0.25) is 0 Å².